The van der Waals surface area contributed by atoms with E-state index in [-0.39, 0.29) is 0 Å². The Balaban J connectivity index is 0.975. The van der Waals surface area contributed by atoms with Gasteiger partial charge in [0.15, 0.2) is 50.3 Å². The first-order valence-electron chi connectivity index (χ1n) is 28.2. The van der Waals surface area contributed by atoms with Gasteiger partial charge in [-0.15, -0.1) is 0 Å². The number of ether oxygens (including phenoxy) is 16. The Morgan fingerprint density at radius 3 is 0.443 bits per heavy atom. The molecule has 30 heterocycles. The average Bonchev–Trinajstić information content (AvgIpc) is 1.09. The molecule has 0 aliphatic carbocycles. The Morgan fingerprint density at radius 1 is 0.170 bits per heavy atom. The summed E-state index contributed by atoms with van der Waals surface area (Å²) in [6.45, 7) is -8.46. The van der Waals surface area contributed by atoms with Gasteiger partial charge in [-0.3, -0.25) is 0 Å². The van der Waals surface area contributed by atoms with Gasteiger partial charge in [0.2, 0.25) is 0 Å². The molecule has 40 heteroatoms. The molecule has 512 valence electrons. The van der Waals surface area contributed by atoms with Crippen LogP contribution in [-0.4, -0.2) is 416 Å². The van der Waals surface area contributed by atoms with Gasteiger partial charge in [-0.2, -0.15) is 0 Å². The van der Waals surface area contributed by atoms with Crippen molar-refractivity contribution in [1.82, 2.24) is 0 Å². The lowest BCUT2D eigenvalue weighted by molar-refractivity contribution is -0.402. The first-order valence-corrected chi connectivity index (χ1v) is 28.2. The van der Waals surface area contributed by atoms with Crippen LogP contribution in [-0.2, 0) is 75.8 Å². The van der Waals surface area contributed by atoms with Gasteiger partial charge in [0.1, 0.15) is 189 Å². The van der Waals surface area contributed by atoms with Crippen LogP contribution in [0.25, 0.3) is 0 Å². The molecule has 30 aliphatic heterocycles. The predicted molar refractivity (Wildman–Crippen MR) is 263 cm³/mol. The lowest BCUT2D eigenvalue weighted by atomic mass is 9.94. The standard InChI is InChI=1S/C48H81NO39/c49-17-18(58)41-73-9(1-50)33(17)81-42-26(66)19(59)35(11(3-52)74-42)83-44-28(68)21(61)37(13(5-54)76-44)85-46-30(70)23(63)39(15(7-56)78-46)87-48-32(72)25(65)40(16(8-57)80-48)88-47-31(71)24(64)38(14(6-55)79-47)86-45-29(69)22(62)36(12(4-53)77-45)84-43-27(67)20(60)34(82-41)10(2-51)75-43/h9-48,50-72H,1-8,49H2/t9-,10-,11-,12-,13-,14-,15-,16-,17+,18+,19-,20-,21-,22-,23-,24-,25-,26-,27-,28-,29-,30-,31-,32-,33-,34-,35-,36-,37-,38-,39-,40-,41-,42-,43-,44-,45-,46-,47-,48-/m1/s1. The first kappa shape index (κ1) is 70.7. The fraction of sp³-hybridized carbons (Fsp3) is 1.00. The molecule has 0 aromatic heterocycles. The molecule has 30 aliphatic rings. The molecule has 0 saturated carbocycles. The van der Waals surface area contributed by atoms with Crippen LogP contribution in [0, 0.1) is 0 Å². The van der Waals surface area contributed by atoms with Crippen LogP contribution in [0.3, 0.4) is 0 Å². The van der Waals surface area contributed by atoms with E-state index in [1.165, 1.54) is 0 Å². The van der Waals surface area contributed by atoms with E-state index in [9.17, 15) is 117 Å². The quantitative estimate of drug-likeness (QED) is 0.107. The Hall–Kier alpha value is -1.60. The number of hydrogen-bond donors (Lipinski definition) is 24. The summed E-state index contributed by atoms with van der Waals surface area (Å²) in [5.41, 5.74) is 6.37. The van der Waals surface area contributed by atoms with Crippen LogP contribution in [0.15, 0.2) is 0 Å². The summed E-state index contributed by atoms with van der Waals surface area (Å²) in [6, 6.07) is -1.71. The van der Waals surface area contributed by atoms with Crippen LogP contribution < -0.4 is 5.73 Å². The highest BCUT2D eigenvalue weighted by atomic mass is 16.8. The normalized spacial score (nSPS) is 55.4. The van der Waals surface area contributed by atoms with Crippen molar-refractivity contribution in [2.75, 3.05) is 52.9 Å². The van der Waals surface area contributed by atoms with Crippen molar-refractivity contribution in [3.63, 3.8) is 0 Å². The minimum absolute atomic E-state index is 1.00. The monoisotopic (exact) mass is 1300 g/mol. The van der Waals surface area contributed by atoms with Gasteiger partial charge in [-0.05, 0) is 0 Å². The Kier molecular flexibility index (Phi) is 24.1. The third-order valence-corrected chi connectivity index (χ3v) is 17.0. The van der Waals surface area contributed by atoms with Crippen molar-refractivity contribution < 1.29 is 193 Å². The number of nitrogens with two attached hydrogens (primary N) is 1. The van der Waals surface area contributed by atoms with Crippen molar-refractivity contribution in [2.45, 2.75) is 246 Å². The SMILES string of the molecule is N[C@H]1[C@H](O)[C@H]2O[C@H]3[C@H](O)[C@@H](O)[C@@H](O[C@H]4[C@H](O)[C@@H](O)[C@@H](O[C@H]5[C@H](O)[C@@H](O)[C@@H](O[C@H]6[C@H](O)[C@@H](O)[C@@H](O[C@H]7[C@H](O)[C@@H](O)[C@@H](O[C@H]8[C@H](O)[C@@H](O)[C@@H](O[C@H]9[C@H](O)[C@@H](O)[C@@H](O[C@@H]1[C@@H](CO)O2)O[C@@H]9CO)O[C@@H]8CO)O[C@@H]7CO)O[C@@H]6CO)O[C@@H]5CO)O[C@@H]4CO)O[C@@H]3CO. The third kappa shape index (κ3) is 13.8. The molecular weight excluding hydrogens is 1210 g/mol. The summed E-state index contributed by atoms with van der Waals surface area (Å²) >= 11 is 0. The number of rotatable bonds is 8. The van der Waals surface area contributed by atoms with Crippen molar-refractivity contribution in [1.29, 1.82) is 0 Å². The van der Waals surface area contributed by atoms with Gasteiger partial charge in [-0.25, -0.2) is 0 Å². The second-order valence-electron chi connectivity index (χ2n) is 22.5. The Labute approximate surface area is 496 Å². The molecule has 0 amide bonds. The summed E-state index contributed by atoms with van der Waals surface area (Å²) in [5.74, 6) is 0. The highest BCUT2D eigenvalue weighted by molar-refractivity contribution is 5.03. The third-order valence-electron chi connectivity index (χ3n) is 17.0. The number of aliphatic hydroxyl groups excluding tert-OH is 23. The molecule has 0 unspecified atom stereocenters. The predicted octanol–water partition coefficient (Wildman–Crippen LogP) is -17.4. The van der Waals surface area contributed by atoms with Gasteiger partial charge >= 0.3 is 0 Å². The molecular formula is C48H81NO39. The first-order chi connectivity index (χ1) is 41.9. The highest BCUT2D eigenvalue weighted by Gasteiger charge is 2.60. The van der Waals surface area contributed by atoms with Crippen molar-refractivity contribution in [3.8, 4) is 0 Å². The second-order valence-corrected chi connectivity index (χ2v) is 22.5. The van der Waals surface area contributed by atoms with Gasteiger partial charge < -0.3 is 199 Å². The Morgan fingerprint density at radius 2 is 0.295 bits per heavy atom. The van der Waals surface area contributed by atoms with E-state index >= 15 is 0 Å². The van der Waals surface area contributed by atoms with Crippen LogP contribution in [0.2, 0.25) is 0 Å². The van der Waals surface area contributed by atoms with Gasteiger partial charge in [0, 0.05) is 0 Å². The maximum Gasteiger partial charge on any atom is 0.187 e. The number of hydrogen-bond acceptors (Lipinski definition) is 40. The van der Waals surface area contributed by atoms with Crippen LogP contribution in [0.1, 0.15) is 0 Å². The zero-order valence-corrected chi connectivity index (χ0v) is 46.1. The van der Waals surface area contributed by atoms with E-state index in [0.29, 0.717) is 0 Å². The molecule has 0 radical (unpaired) electrons. The van der Waals surface area contributed by atoms with E-state index in [1.807, 2.05) is 0 Å². The lowest BCUT2D eigenvalue weighted by Crippen LogP contribution is -2.69. The van der Waals surface area contributed by atoms with Gasteiger partial charge in [0.25, 0.3) is 0 Å². The van der Waals surface area contributed by atoms with Crippen LogP contribution in [0.5, 0.6) is 0 Å². The summed E-state index contributed by atoms with van der Waals surface area (Å²) in [6.07, 6.45) is -78.4. The smallest absolute Gasteiger partial charge is 0.187 e. The zero-order chi connectivity index (χ0) is 64.1. The molecule has 25 N–H and O–H groups in total. The van der Waals surface area contributed by atoms with E-state index in [4.69, 9.17) is 81.5 Å². The molecule has 40 nitrogen and oxygen atoms in total. The van der Waals surface area contributed by atoms with E-state index in [1.54, 1.807) is 0 Å². The van der Waals surface area contributed by atoms with Crippen molar-refractivity contribution in [2.24, 2.45) is 5.73 Å². The Bertz CT molecular complexity index is 1710. The maximum atomic E-state index is 11.4. The van der Waals surface area contributed by atoms with E-state index in [0.717, 1.165) is 0 Å². The minimum atomic E-state index is -2.24. The summed E-state index contributed by atoms with van der Waals surface area (Å²) in [5, 5.41) is 254. The maximum absolute atomic E-state index is 11.4. The van der Waals surface area contributed by atoms with E-state index < -0.39 is 298 Å². The van der Waals surface area contributed by atoms with Gasteiger partial charge in [-0.1, -0.05) is 0 Å². The second kappa shape index (κ2) is 30.0. The highest BCUT2D eigenvalue weighted by Crippen LogP contribution is 2.39. The topological polar surface area (TPSA) is 639 Å². The molecule has 30 saturated heterocycles. The minimum Gasteiger partial charge on any atom is -0.394 e. The molecule has 0 aromatic carbocycles. The summed E-state index contributed by atoms with van der Waals surface area (Å²) in [4.78, 5) is 0. The van der Waals surface area contributed by atoms with Gasteiger partial charge in [0.05, 0.1) is 58.9 Å². The van der Waals surface area contributed by atoms with Crippen LogP contribution >= 0.6 is 0 Å². The van der Waals surface area contributed by atoms with E-state index in [2.05, 4.69) is 0 Å². The fourth-order valence-corrected chi connectivity index (χ4v) is 12.0. The largest absolute Gasteiger partial charge is 0.394 e. The summed E-state index contributed by atoms with van der Waals surface area (Å²) in [7, 11) is 0. The number of aliphatic hydroxyl groups is 23. The fourth-order valence-electron chi connectivity index (χ4n) is 12.0. The van der Waals surface area contributed by atoms with Crippen molar-refractivity contribution in [3.05, 3.63) is 0 Å². The average molecular weight is 1300 g/mol. The molecule has 88 heavy (non-hydrogen) atoms. The summed E-state index contributed by atoms with van der Waals surface area (Å²) < 4.78 is 91.6. The molecule has 0 spiro atoms. The molecule has 16 bridgehead atoms. The zero-order valence-electron chi connectivity index (χ0n) is 46.1. The van der Waals surface area contributed by atoms with Crippen LogP contribution in [0.4, 0.5) is 0 Å². The molecule has 40 atom stereocenters. The van der Waals surface area contributed by atoms with Crippen molar-refractivity contribution >= 4 is 0 Å². The molecule has 0 aromatic rings. The lowest BCUT2D eigenvalue weighted by Gasteiger charge is -2.50. The molecule has 30 rings (SSSR count). The molecule has 30 fully saturated rings.